The summed E-state index contributed by atoms with van der Waals surface area (Å²) in [6.45, 7) is 2.16. The van der Waals surface area contributed by atoms with E-state index < -0.39 is 10.0 Å². The van der Waals surface area contributed by atoms with Gasteiger partial charge in [-0.3, -0.25) is 0 Å². The maximum absolute atomic E-state index is 12.0. The molecule has 6 heteroatoms. The van der Waals surface area contributed by atoms with Crippen LogP contribution in [-0.2, 0) is 10.0 Å². The minimum absolute atomic E-state index is 0.171. The topological polar surface area (TPSA) is 58.5 Å². The van der Waals surface area contributed by atoms with E-state index in [4.69, 9.17) is 11.6 Å². The summed E-state index contributed by atoms with van der Waals surface area (Å²) < 4.78 is 24.0. The van der Waals surface area contributed by atoms with Gasteiger partial charge >= 0.3 is 0 Å². The van der Waals surface area contributed by atoms with Gasteiger partial charge in [-0.15, -0.1) is 0 Å². The van der Waals surface area contributed by atoms with Gasteiger partial charge in [-0.05, 0) is 55.9 Å². The summed E-state index contributed by atoms with van der Waals surface area (Å²) in [6.07, 6.45) is 3.99. The third-order valence-electron chi connectivity index (χ3n) is 3.19. The van der Waals surface area contributed by atoms with Gasteiger partial charge in [-0.25, -0.2) is 4.83 Å². The monoisotopic (exact) mass is 300 g/mol. The second-order valence-electron chi connectivity index (χ2n) is 4.93. The number of halogens is 1. The zero-order valence-corrected chi connectivity index (χ0v) is 12.3. The molecular weight excluding hydrogens is 284 g/mol. The van der Waals surface area contributed by atoms with Crippen LogP contribution in [0.2, 0.25) is 5.02 Å². The number of nitrogens with one attached hydrogen (secondary N) is 1. The Labute approximate surface area is 118 Å². The zero-order valence-electron chi connectivity index (χ0n) is 10.8. The molecule has 0 radical (unpaired) electrons. The van der Waals surface area contributed by atoms with Crippen LogP contribution >= 0.6 is 11.6 Å². The van der Waals surface area contributed by atoms with Gasteiger partial charge in [0.2, 0.25) is 0 Å². The van der Waals surface area contributed by atoms with Crippen LogP contribution in [0.5, 0.6) is 0 Å². The van der Waals surface area contributed by atoms with Crippen molar-refractivity contribution in [3.63, 3.8) is 0 Å². The van der Waals surface area contributed by atoms with Crippen molar-refractivity contribution in [3.8, 4) is 0 Å². The van der Waals surface area contributed by atoms with E-state index in [1.807, 2.05) is 0 Å². The van der Waals surface area contributed by atoms with Crippen LogP contribution in [-0.4, -0.2) is 14.1 Å². The highest BCUT2D eigenvalue weighted by Gasteiger charge is 2.16. The normalized spacial score (nSPS) is 22.4. The first-order valence-electron chi connectivity index (χ1n) is 6.30. The van der Waals surface area contributed by atoms with Crippen molar-refractivity contribution in [1.82, 2.24) is 4.83 Å². The molecule has 1 aliphatic rings. The van der Waals surface area contributed by atoms with Crippen molar-refractivity contribution < 1.29 is 8.42 Å². The van der Waals surface area contributed by atoms with Crippen LogP contribution in [0, 0.1) is 5.92 Å². The lowest BCUT2D eigenvalue weighted by molar-refractivity contribution is 0.498. The summed E-state index contributed by atoms with van der Waals surface area (Å²) in [7, 11) is -3.59. The highest BCUT2D eigenvalue weighted by Crippen LogP contribution is 2.21. The van der Waals surface area contributed by atoms with E-state index in [1.54, 1.807) is 12.1 Å². The first-order chi connectivity index (χ1) is 8.97. The van der Waals surface area contributed by atoms with Gasteiger partial charge in [0.1, 0.15) is 0 Å². The Morgan fingerprint density at radius 1 is 1.32 bits per heavy atom. The number of hydrogen-bond acceptors (Lipinski definition) is 3. The average molecular weight is 301 g/mol. The highest BCUT2D eigenvalue weighted by molar-refractivity contribution is 7.89. The van der Waals surface area contributed by atoms with Crippen molar-refractivity contribution >= 4 is 27.3 Å². The van der Waals surface area contributed by atoms with E-state index in [0.717, 1.165) is 25.0 Å². The van der Waals surface area contributed by atoms with Gasteiger partial charge in [0.25, 0.3) is 10.0 Å². The number of benzene rings is 1. The number of hydrogen-bond donors (Lipinski definition) is 1. The lowest BCUT2D eigenvalue weighted by atomic mass is 9.89. The minimum Gasteiger partial charge on any atom is -0.200 e. The Bertz CT molecular complexity index is 567. The molecule has 0 bridgehead atoms. The Morgan fingerprint density at radius 3 is 2.63 bits per heavy atom. The SMILES string of the molecule is CC1CCC/C(=N\NS(=O)(=O)c2ccc(Cl)cc2)C1. The second-order valence-corrected chi connectivity index (χ2v) is 7.03. The van der Waals surface area contributed by atoms with Crippen LogP contribution in [0.3, 0.4) is 0 Å². The molecule has 2 rings (SSSR count). The fraction of sp³-hybridized carbons (Fsp3) is 0.462. The van der Waals surface area contributed by atoms with Crippen LogP contribution in [0.1, 0.15) is 32.6 Å². The molecule has 19 heavy (non-hydrogen) atoms. The van der Waals surface area contributed by atoms with Crippen LogP contribution in [0.4, 0.5) is 0 Å². The van der Waals surface area contributed by atoms with Crippen molar-refractivity contribution in [2.24, 2.45) is 11.0 Å². The largest absolute Gasteiger partial charge is 0.276 e. The molecule has 1 aromatic rings. The Morgan fingerprint density at radius 2 is 2.00 bits per heavy atom. The Kier molecular flexibility index (Phi) is 4.47. The molecular formula is C13H17ClN2O2S. The van der Waals surface area contributed by atoms with Crippen molar-refractivity contribution in [2.45, 2.75) is 37.5 Å². The van der Waals surface area contributed by atoms with E-state index in [0.29, 0.717) is 10.9 Å². The number of rotatable bonds is 3. The van der Waals surface area contributed by atoms with E-state index in [9.17, 15) is 8.42 Å². The van der Waals surface area contributed by atoms with Crippen molar-refractivity contribution in [2.75, 3.05) is 0 Å². The first kappa shape index (κ1) is 14.3. The maximum atomic E-state index is 12.0. The molecule has 0 heterocycles. The molecule has 0 aromatic heterocycles. The highest BCUT2D eigenvalue weighted by atomic mass is 35.5. The van der Waals surface area contributed by atoms with Gasteiger partial charge in [-0.1, -0.05) is 18.5 Å². The quantitative estimate of drug-likeness (QED) is 0.872. The van der Waals surface area contributed by atoms with E-state index in [1.165, 1.54) is 18.6 Å². The number of nitrogens with zero attached hydrogens (tertiary/aromatic N) is 1. The molecule has 1 N–H and O–H groups in total. The van der Waals surface area contributed by atoms with E-state index in [2.05, 4.69) is 16.9 Å². The van der Waals surface area contributed by atoms with Gasteiger partial charge in [0.05, 0.1) is 4.90 Å². The molecule has 1 unspecified atom stereocenters. The smallest absolute Gasteiger partial charge is 0.200 e. The lowest BCUT2D eigenvalue weighted by Gasteiger charge is -2.19. The van der Waals surface area contributed by atoms with Crippen molar-refractivity contribution in [1.29, 1.82) is 0 Å². The van der Waals surface area contributed by atoms with E-state index >= 15 is 0 Å². The predicted molar refractivity (Wildman–Crippen MR) is 76.8 cm³/mol. The summed E-state index contributed by atoms with van der Waals surface area (Å²) in [6, 6.07) is 6.03. The van der Waals surface area contributed by atoms with Crippen LogP contribution < -0.4 is 4.83 Å². The summed E-state index contributed by atoms with van der Waals surface area (Å²) in [4.78, 5) is 2.47. The van der Waals surface area contributed by atoms with Gasteiger partial charge in [0, 0.05) is 10.7 Å². The molecule has 0 saturated heterocycles. The molecule has 4 nitrogen and oxygen atoms in total. The fourth-order valence-corrected chi connectivity index (χ4v) is 3.13. The molecule has 0 amide bonds. The average Bonchev–Trinajstić information content (AvgIpc) is 2.37. The zero-order chi connectivity index (χ0) is 13.9. The minimum atomic E-state index is -3.59. The Balaban J connectivity index is 2.09. The third kappa shape index (κ3) is 3.94. The van der Waals surface area contributed by atoms with Gasteiger partial charge < -0.3 is 0 Å². The lowest BCUT2D eigenvalue weighted by Crippen LogP contribution is -2.22. The molecule has 1 aliphatic carbocycles. The van der Waals surface area contributed by atoms with Gasteiger partial charge in [0.15, 0.2) is 0 Å². The van der Waals surface area contributed by atoms with Crippen LogP contribution in [0.25, 0.3) is 0 Å². The second kappa shape index (κ2) is 5.92. The van der Waals surface area contributed by atoms with Gasteiger partial charge in [-0.2, -0.15) is 13.5 Å². The Hall–Kier alpha value is -1.07. The molecule has 1 saturated carbocycles. The molecule has 0 aliphatic heterocycles. The van der Waals surface area contributed by atoms with Crippen molar-refractivity contribution in [3.05, 3.63) is 29.3 Å². The predicted octanol–water partition coefficient (Wildman–Crippen LogP) is 3.18. The molecule has 1 fully saturated rings. The summed E-state index contributed by atoms with van der Waals surface area (Å²) in [5.41, 5.74) is 0.927. The van der Waals surface area contributed by atoms with Crippen LogP contribution in [0.15, 0.2) is 34.3 Å². The van der Waals surface area contributed by atoms with E-state index in [-0.39, 0.29) is 4.90 Å². The maximum Gasteiger partial charge on any atom is 0.276 e. The number of hydrazone groups is 1. The molecule has 1 aromatic carbocycles. The summed E-state index contributed by atoms with van der Waals surface area (Å²) in [5, 5.41) is 4.56. The summed E-state index contributed by atoms with van der Waals surface area (Å²) >= 11 is 5.73. The number of sulfonamides is 1. The first-order valence-corrected chi connectivity index (χ1v) is 8.16. The molecule has 104 valence electrons. The standard InChI is InChI=1S/C13H17ClN2O2S/c1-10-3-2-4-12(9-10)15-16-19(17,18)13-7-5-11(14)6-8-13/h5-8,10,16H,2-4,9H2,1H3/b15-12+. The summed E-state index contributed by atoms with van der Waals surface area (Å²) in [5.74, 6) is 0.576. The molecule has 1 atom stereocenters. The molecule has 0 spiro atoms. The third-order valence-corrected chi connectivity index (χ3v) is 4.67. The fourth-order valence-electron chi connectivity index (χ4n) is 2.15.